The second-order valence-corrected chi connectivity index (χ2v) is 5.06. The molecule has 0 bridgehead atoms. The Kier molecular flexibility index (Phi) is 3.15. The first-order chi connectivity index (χ1) is 8.84. The average Bonchev–Trinajstić information content (AvgIpc) is 2.44. The molecule has 1 atom stereocenters. The van der Waals surface area contributed by atoms with Crippen molar-refractivity contribution in [2.75, 3.05) is 13.1 Å². The lowest BCUT2D eigenvalue weighted by Crippen LogP contribution is -2.32. The molecule has 1 saturated heterocycles. The number of nitrogens with zero attached hydrogens (tertiary/aromatic N) is 1. The van der Waals surface area contributed by atoms with Crippen LogP contribution >= 0.6 is 0 Å². The van der Waals surface area contributed by atoms with Gasteiger partial charge in [-0.1, -0.05) is 12.1 Å². The van der Waals surface area contributed by atoms with Gasteiger partial charge in [0.1, 0.15) is 0 Å². The van der Waals surface area contributed by atoms with Crippen molar-refractivity contribution in [3.05, 3.63) is 46.8 Å². The van der Waals surface area contributed by atoms with Crippen LogP contribution in [0, 0.1) is 5.92 Å². The van der Waals surface area contributed by atoms with E-state index in [4.69, 9.17) is 0 Å². The van der Waals surface area contributed by atoms with Crippen LogP contribution in [-0.2, 0) is 6.54 Å². The van der Waals surface area contributed by atoms with Crippen LogP contribution in [0.25, 0.3) is 10.9 Å². The van der Waals surface area contributed by atoms with Crippen LogP contribution in [0.15, 0.2) is 41.3 Å². The molecule has 18 heavy (non-hydrogen) atoms. The maximum absolute atomic E-state index is 11.8. The SMILES string of the molecule is O=c1ccn(CC2CCCNC2)c2ccccc12. The molecular formula is C15H18N2O. The number of nitrogens with one attached hydrogen (secondary N) is 1. The zero-order chi connectivity index (χ0) is 12.4. The summed E-state index contributed by atoms with van der Waals surface area (Å²) < 4.78 is 2.22. The number of pyridine rings is 1. The molecule has 0 radical (unpaired) electrons. The van der Waals surface area contributed by atoms with Crippen molar-refractivity contribution in [3.63, 3.8) is 0 Å². The molecule has 1 aliphatic rings. The highest BCUT2D eigenvalue weighted by molar-refractivity contribution is 5.78. The fourth-order valence-electron chi connectivity index (χ4n) is 2.78. The Hall–Kier alpha value is -1.61. The second-order valence-electron chi connectivity index (χ2n) is 5.06. The van der Waals surface area contributed by atoms with Gasteiger partial charge in [-0.2, -0.15) is 0 Å². The van der Waals surface area contributed by atoms with E-state index in [1.807, 2.05) is 30.5 Å². The zero-order valence-corrected chi connectivity index (χ0v) is 10.4. The minimum Gasteiger partial charge on any atom is -0.347 e. The first-order valence-electron chi connectivity index (χ1n) is 6.63. The number of piperidine rings is 1. The van der Waals surface area contributed by atoms with E-state index in [0.717, 1.165) is 30.5 Å². The lowest BCUT2D eigenvalue weighted by atomic mass is 9.99. The topological polar surface area (TPSA) is 34.0 Å². The van der Waals surface area contributed by atoms with E-state index < -0.39 is 0 Å². The summed E-state index contributed by atoms with van der Waals surface area (Å²) in [7, 11) is 0. The van der Waals surface area contributed by atoms with E-state index in [1.54, 1.807) is 6.07 Å². The summed E-state index contributed by atoms with van der Waals surface area (Å²) in [4.78, 5) is 11.8. The van der Waals surface area contributed by atoms with Gasteiger partial charge < -0.3 is 9.88 Å². The van der Waals surface area contributed by atoms with Gasteiger partial charge in [0.15, 0.2) is 5.43 Å². The van der Waals surface area contributed by atoms with Gasteiger partial charge in [0.2, 0.25) is 0 Å². The van der Waals surface area contributed by atoms with Crippen LogP contribution in [0.2, 0.25) is 0 Å². The number of hydrogen-bond acceptors (Lipinski definition) is 2. The maximum Gasteiger partial charge on any atom is 0.189 e. The van der Waals surface area contributed by atoms with Gasteiger partial charge in [-0.15, -0.1) is 0 Å². The molecule has 3 nitrogen and oxygen atoms in total. The van der Waals surface area contributed by atoms with Gasteiger partial charge in [-0.3, -0.25) is 4.79 Å². The van der Waals surface area contributed by atoms with Gasteiger partial charge >= 0.3 is 0 Å². The Bertz CT molecular complexity index is 597. The third-order valence-electron chi connectivity index (χ3n) is 3.74. The molecule has 94 valence electrons. The molecule has 1 aromatic carbocycles. The summed E-state index contributed by atoms with van der Waals surface area (Å²) >= 11 is 0. The molecule has 3 rings (SSSR count). The summed E-state index contributed by atoms with van der Waals surface area (Å²) in [5, 5.41) is 4.26. The molecule has 0 saturated carbocycles. The first-order valence-corrected chi connectivity index (χ1v) is 6.63. The fourth-order valence-corrected chi connectivity index (χ4v) is 2.78. The number of benzene rings is 1. The Morgan fingerprint density at radius 1 is 1.28 bits per heavy atom. The molecule has 2 aromatic rings. The molecule has 1 N–H and O–H groups in total. The van der Waals surface area contributed by atoms with Crippen molar-refractivity contribution in [2.45, 2.75) is 19.4 Å². The molecular weight excluding hydrogens is 224 g/mol. The number of hydrogen-bond donors (Lipinski definition) is 1. The molecule has 1 unspecified atom stereocenters. The molecule has 2 heterocycles. The molecule has 0 spiro atoms. The fraction of sp³-hybridized carbons (Fsp3) is 0.400. The average molecular weight is 242 g/mol. The quantitative estimate of drug-likeness (QED) is 0.874. The van der Waals surface area contributed by atoms with Crippen molar-refractivity contribution in [1.82, 2.24) is 9.88 Å². The summed E-state index contributed by atoms with van der Waals surface area (Å²) in [5.74, 6) is 0.671. The number of para-hydroxylation sites is 1. The van der Waals surface area contributed by atoms with E-state index in [2.05, 4.69) is 9.88 Å². The second kappa shape index (κ2) is 4.94. The third-order valence-corrected chi connectivity index (χ3v) is 3.74. The zero-order valence-electron chi connectivity index (χ0n) is 10.4. The Balaban J connectivity index is 1.96. The normalized spacial score (nSPS) is 20.1. The summed E-state index contributed by atoms with van der Waals surface area (Å²) in [5.41, 5.74) is 1.17. The van der Waals surface area contributed by atoms with E-state index in [-0.39, 0.29) is 5.43 Å². The van der Waals surface area contributed by atoms with Crippen molar-refractivity contribution < 1.29 is 0 Å². The van der Waals surface area contributed by atoms with Gasteiger partial charge in [-0.25, -0.2) is 0 Å². The molecule has 1 aromatic heterocycles. The highest BCUT2D eigenvalue weighted by atomic mass is 16.1. The van der Waals surface area contributed by atoms with Gasteiger partial charge in [0.05, 0.1) is 5.52 Å². The molecule has 0 amide bonds. The van der Waals surface area contributed by atoms with E-state index in [9.17, 15) is 4.79 Å². The van der Waals surface area contributed by atoms with Crippen LogP contribution in [0.1, 0.15) is 12.8 Å². The predicted molar refractivity (Wildman–Crippen MR) is 73.8 cm³/mol. The number of rotatable bonds is 2. The van der Waals surface area contributed by atoms with E-state index in [0.29, 0.717) is 5.92 Å². The van der Waals surface area contributed by atoms with Gasteiger partial charge in [0.25, 0.3) is 0 Å². The van der Waals surface area contributed by atoms with E-state index in [1.165, 1.54) is 12.8 Å². The molecule has 1 aliphatic heterocycles. The van der Waals surface area contributed by atoms with Crippen LogP contribution in [0.3, 0.4) is 0 Å². The van der Waals surface area contributed by atoms with E-state index >= 15 is 0 Å². The summed E-state index contributed by atoms with van der Waals surface area (Å²) in [6.07, 6.45) is 4.45. The minimum absolute atomic E-state index is 0.114. The van der Waals surface area contributed by atoms with Gasteiger partial charge in [-0.05, 0) is 44.0 Å². The molecule has 3 heteroatoms. The van der Waals surface area contributed by atoms with Crippen LogP contribution < -0.4 is 10.7 Å². The molecule has 0 aliphatic carbocycles. The predicted octanol–water partition coefficient (Wildman–Crippen LogP) is 2.00. The Morgan fingerprint density at radius 3 is 3.00 bits per heavy atom. The molecule has 1 fully saturated rings. The maximum atomic E-state index is 11.8. The third kappa shape index (κ3) is 2.18. The first kappa shape index (κ1) is 11.5. The van der Waals surface area contributed by atoms with Crippen molar-refractivity contribution in [3.8, 4) is 0 Å². The Morgan fingerprint density at radius 2 is 2.17 bits per heavy atom. The van der Waals surface area contributed by atoms with Crippen molar-refractivity contribution >= 4 is 10.9 Å². The largest absolute Gasteiger partial charge is 0.347 e. The van der Waals surface area contributed by atoms with Crippen LogP contribution in [0.4, 0.5) is 0 Å². The number of aromatic nitrogens is 1. The number of fused-ring (bicyclic) bond motifs is 1. The van der Waals surface area contributed by atoms with Crippen molar-refractivity contribution in [1.29, 1.82) is 0 Å². The highest BCUT2D eigenvalue weighted by Crippen LogP contribution is 2.16. The summed E-state index contributed by atoms with van der Waals surface area (Å²) in [6.45, 7) is 3.22. The minimum atomic E-state index is 0.114. The van der Waals surface area contributed by atoms with Gasteiger partial charge in [0, 0.05) is 24.2 Å². The highest BCUT2D eigenvalue weighted by Gasteiger charge is 2.14. The summed E-state index contributed by atoms with van der Waals surface area (Å²) in [6, 6.07) is 9.55. The van der Waals surface area contributed by atoms with Crippen LogP contribution in [-0.4, -0.2) is 17.7 Å². The lowest BCUT2D eigenvalue weighted by Gasteiger charge is -2.24. The van der Waals surface area contributed by atoms with Crippen molar-refractivity contribution in [2.24, 2.45) is 5.92 Å². The monoisotopic (exact) mass is 242 g/mol. The Labute approximate surface area is 106 Å². The van der Waals surface area contributed by atoms with Crippen LogP contribution in [0.5, 0.6) is 0 Å². The lowest BCUT2D eigenvalue weighted by molar-refractivity contribution is 0.340. The standard InChI is InChI=1S/C15H18N2O/c18-15-7-9-17(11-12-4-3-8-16-10-12)14-6-2-1-5-13(14)15/h1-2,5-7,9,12,16H,3-4,8,10-11H2. The smallest absolute Gasteiger partial charge is 0.189 e.